The van der Waals surface area contributed by atoms with Crippen LogP contribution in [0.4, 0.5) is 0 Å². The Bertz CT molecular complexity index is 152. The standard InChI is InChI=1S/C11H21N/c1-11(2,3)12-9-5-4-6-10(12)8-7-9/h9-10H,4-8H2,1-3H3/t9-,10+. The van der Waals surface area contributed by atoms with Crippen LogP contribution in [-0.2, 0) is 0 Å². The highest BCUT2D eigenvalue weighted by Gasteiger charge is 2.41. The average molecular weight is 167 g/mol. The van der Waals surface area contributed by atoms with E-state index in [4.69, 9.17) is 0 Å². The van der Waals surface area contributed by atoms with E-state index < -0.39 is 0 Å². The molecule has 0 unspecified atom stereocenters. The quantitative estimate of drug-likeness (QED) is 0.536. The highest BCUT2D eigenvalue weighted by atomic mass is 15.3. The van der Waals surface area contributed by atoms with Crippen LogP contribution in [0.15, 0.2) is 0 Å². The van der Waals surface area contributed by atoms with Gasteiger partial charge in [-0.05, 0) is 46.5 Å². The summed E-state index contributed by atoms with van der Waals surface area (Å²) in [6.07, 6.45) is 7.30. The van der Waals surface area contributed by atoms with E-state index in [1.165, 1.54) is 32.1 Å². The molecule has 0 aromatic heterocycles. The van der Waals surface area contributed by atoms with Crippen molar-refractivity contribution < 1.29 is 0 Å². The number of nitrogens with zero attached hydrogens (tertiary/aromatic N) is 1. The van der Waals surface area contributed by atoms with Gasteiger partial charge in [0, 0.05) is 17.6 Å². The van der Waals surface area contributed by atoms with Crippen LogP contribution >= 0.6 is 0 Å². The first kappa shape index (κ1) is 8.55. The molecular weight excluding hydrogens is 146 g/mol. The maximum absolute atomic E-state index is 2.77. The smallest absolute Gasteiger partial charge is 0.0130 e. The number of hydrogen-bond acceptors (Lipinski definition) is 1. The molecule has 0 spiro atoms. The Morgan fingerprint density at radius 3 is 1.75 bits per heavy atom. The van der Waals surface area contributed by atoms with E-state index >= 15 is 0 Å². The van der Waals surface area contributed by atoms with Crippen molar-refractivity contribution in [3.8, 4) is 0 Å². The van der Waals surface area contributed by atoms with Gasteiger partial charge in [-0.1, -0.05) is 6.42 Å². The summed E-state index contributed by atoms with van der Waals surface area (Å²) in [6.45, 7) is 7.09. The fourth-order valence-electron chi connectivity index (χ4n) is 3.21. The lowest BCUT2D eigenvalue weighted by Crippen LogP contribution is -2.51. The monoisotopic (exact) mass is 167 g/mol. The third kappa shape index (κ3) is 1.28. The molecule has 0 saturated carbocycles. The van der Waals surface area contributed by atoms with Crippen LogP contribution in [0.25, 0.3) is 0 Å². The molecule has 2 rings (SSSR count). The maximum Gasteiger partial charge on any atom is 0.0130 e. The third-order valence-electron chi connectivity index (χ3n) is 3.47. The lowest BCUT2D eigenvalue weighted by atomic mass is 9.95. The first-order chi connectivity index (χ1) is 5.59. The van der Waals surface area contributed by atoms with Crippen molar-refractivity contribution in [3.05, 3.63) is 0 Å². The molecule has 0 aromatic rings. The lowest BCUT2D eigenvalue weighted by molar-refractivity contribution is 0.0441. The van der Waals surface area contributed by atoms with Crippen molar-refractivity contribution in [2.75, 3.05) is 0 Å². The fraction of sp³-hybridized carbons (Fsp3) is 1.00. The first-order valence-corrected chi connectivity index (χ1v) is 5.37. The Morgan fingerprint density at radius 1 is 0.917 bits per heavy atom. The van der Waals surface area contributed by atoms with E-state index in [1.54, 1.807) is 0 Å². The van der Waals surface area contributed by atoms with E-state index in [1.807, 2.05) is 0 Å². The molecule has 2 atom stereocenters. The van der Waals surface area contributed by atoms with Crippen molar-refractivity contribution in [1.82, 2.24) is 4.90 Å². The van der Waals surface area contributed by atoms with Gasteiger partial charge in [-0.25, -0.2) is 0 Å². The second-order valence-corrected chi connectivity index (χ2v) is 5.39. The van der Waals surface area contributed by atoms with E-state index in [0.29, 0.717) is 5.54 Å². The zero-order chi connectivity index (χ0) is 8.77. The molecular formula is C11H21N. The minimum atomic E-state index is 0.409. The number of rotatable bonds is 0. The lowest BCUT2D eigenvalue weighted by Gasteiger charge is -2.44. The van der Waals surface area contributed by atoms with Crippen LogP contribution in [0.1, 0.15) is 52.9 Å². The molecule has 0 radical (unpaired) electrons. The van der Waals surface area contributed by atoms with Crippen LogP contribution in [0.5, 0.6) is 0 Å². The van der Waals surface area contributed by atoms with Gasteiger partial charge in [0.25, 0.3) is 0 Å². The summed E-state index contributed by atoms with van der Waals surface area (Å²) in [5.41, 5.74) is 0.409. The normalized spacial score (nSPS) is 37.2. The molecule has 0 amide bonds. The van der Waals surface area contributed by atoms with E-state index in [-0.39, 0.29) is 0 Å². The number of hydrogen-bond donors (Lipinski definition) is 0. The van der Waals surface area contributed by atoms with Gasteiger partial charge in [-0.15, -0.1) is 0 Å². The molecule has 2 bridgehead atoms. The summed E-state index contributed by atoms with van der Waals surface area (Å²) >= 11 is 0. The van der Waals surface area contributed by atoms with Gasteiger partial charge in [-0.2, -0.15) is 0 Å². The van der Waals surface area contributed by atoms with E-state index in [2.05, 4.69) is 25.7 Å². The molecule has 2 heterocycles. The van der Waals surface area contributed by atoms with Crippen LogP contribution in [-0.4, -0.2) is 22.5 Å². The van der Waals surface area contributed by atoms with Gasteiger partial charge in [0.2, 0.25) is 0 Å². The summed E-state index contributed by atoms with van der Waals surface area (Å²) < 4.78 is 0. The Morgan fingerprint density at radius 2 is 1.42 bits per heavy atom. The summed E-state index contributed by atoms with van der Waals surface area (Å²) in [7, 11) is 0. The van der Waals surface area contributed by atoms with Crippen LogP contribution < -0.4 is 0 Å². The van der Waals surface area contributed by atoms with Crippen LogP contribution in [0.2, 0.25) is 0 Å². The van der Waals surface area contributed by atoms with Gasteiger partial charge in [0.05, 0.1) is 0 Å². The predicted octanol–water partition coefficient (Wildman–Crippen LogP) is 2.80. The summed E-state index contributed by atoms with van der Waals surface area (Å²) in [5, 5.41) is 0. The molecule has 1 heteroatoms. The highest BCUT2D eigenvalue weighted by Crippen LogP contribution is 2.39. The molecule has 12 heavy (non-hydrogen) atoms. The minimum absolute atomic E-state index is 0.409. The first-order valence-electron chi connectivity index (χ1n) is 5.37. The molecule has 2 fully saturated rings. The van der Waals surface area contributed by atoms with Crippen molar-refractivity contribution in [1.29, 1.82) is 0 Å². The third-order valence-corrected chi connectivity index (χ3v) is 3.47. The van der Waals surface area contributed by atoms with E-state index in [9.17, 15) is 0 Å². The van der Waals surface area contributed by atoms with Crippen molar-refractivity contribution in [2.45, 2.75) is 70.5 Å². The number of piperidine rings is 1. The Hall–Kier alpha value is -0.0400. The highest BCUT2D eigenvalue weighted by molar-refractivity contribution is 4.97. The molecule has 2 saturated heterocycles. The summed E-state index contributed by atoms with van der Waals surface area (Å²) in [5.74, 6) is 0. The zero-order valence-electron chi connectivity index (χ0n) is 8.64. The number of fused-ring (bicyclic) bond motifs is 2. The fourth-order valence-corrected chi connectivity index (χ4v) is 3.21. The Kier molecular flexibility index (Phi) is 1.95. The second kappa shape index (κ2) is 2.73. The minimum Gasteiger partial charge on any atom is -0.293 e. The predicted molar refractivity (Wildman–Crippen MR) is 52.3 cm³/mol. The van der Waals surface area contributed by atoms with Gasteiger partial charge < -0.3 is 0 Å². The average Bonchev–Trinajstić information content (AvgIpc) is 2.23. The molecule has 1 nitrogen and oxygen atoms in total. The van der Waals surface area contributed by atoms with Crippen LogP contribution in [0, 0.1) is 0 Å². The molecule has 0 N–H and O–H groups in total. The molecule has 2 aliphatic rings. The van der Waals surface area contributed by atoms with Crippen molar-refractivity contribution >= 4 is 0 Å². The van der Waals surface area contributed by atoms with Gasteiger partial charge >= 0.3 is 0 Å². The Labute approximate surface area is 76.1 Å². The summed E-state index contributed by atoms with van der Waals surface area (Å²) in [4.78, 5) is 2.77. The van der Waals surface area contributed by atoms with E-state index in [0.717, 1.165) is 12.1 Å². The second-order valence-electron chi connectivity index (χ2n) is 5.39. The van der Waals surface area contributed by atoms with Gasteiger partial charge in [0.1, 0.15) is 0 Å². The van der Waals surface area contributed by atoms with Crippen LogP contribution in [0.3, 0.4) is 0 Å². The zero-order valence-corrected chi connectivity index (χ0v) is 8.64. The molecule has 2 aliphatic heterocycles. The summed E-state index contributed by atoms with van der Waals surface area (Å²) in [6, 6.07) is 1.84. The molecule has 0 aliphatic carbocycles. The largest absolute Gasteiger partial charge is 0.293 e. The maximum atomic E-state index is 2.77. The van der Waals surface area contributed by atoms with Crippen molar-refractivity contribution in [2.24, 2.45) is 0 Å². The molecule has 70 valence electrons. The van der Waals surface area contributed by atoms with Crippen molar-refractivity contribution in [3.63, 3.8) is 0 Å². The molecule has 0 aromatic carbocycles. The van der Waals surface area contributed by atoms with Gasteiger partial charge in [0.15, 0.2) is 0 Å². The SMILES string of the molecule is CC(C)(C)N1[C@@H]2CCC[C@H]1CC2. The topological polar surface area (TPSA) is 3.24 Å². The van der Waals surface area contributed by atoms with Gasteiger partial charge in [-0.3, -0.25) is 4.90 Å². The Balaban J connectivity index is 2.15.